The lowest BCUT2D eigenvalue weighted by Gasteiger charge is -1.72. The molecule has 1 unspecified atom stereocenters. The van der Waals surface area contributed by atoms with Crippen LogP contribution in [-0.2, 0) is 0 Å². The van der Waals surface area contributed by atoms with Crippen LogP contribution in [0.2, 0.25) is 0 Å². The maximum atomic E-state index is 6.95. The van der Waals surface area contributed by atoms with Crippen molar-refractivity contribution in [3.8, 4) is 0 Å². The average Bonchev–Trinajstić information content (AvgIpc) is 1.65. The summed E-state index contributed by atoms with van der Waals surface area (Å²) in [5.41, 5.74) is 0. The van der Waals surface area contributed by atoms with Crippen LogP contribution in [0.4, 0.5) is 0 Å². The normalized spacial score (nSPS) is 16.6. The molecule has 0 aromatic rings. The van der Waals surface area contributed by atoms with Crippen molar-refractivity contribution in [3.63, 3.8) is 0 Å². The minimum atomic E-state index is -0.0509. The Labute approximate surface area is 34.9 Å². The number of hydrogen-bond donors (Lipinski definition) is 0. The third-order valence-electron chi connectivity index (χ3n) is 0.402. The van der Waals surface area contributed by atoms with Gasteiger partial charge in [0.15, 0.2) is 0 Å². The Kier molecular flexibility index (Phi) is 2.21. The fourth-order valence-electron chi connectivity index (χ4n) is 0.167. The largest absolute Gasteiger partial charge is 0.103 e. The van der Waals surface area contributed by atoms with Gasteiger partial charge in [0.05, 0.1) is 0 Å². The van der Waals surface area contributed by atoms with Crippen molar-refractivity contribution in [1.82, 2.24) is 0 Å². The van der Waals surface area contributed by atoms with Crippen molar-refractivity contribution in [3.05, 3.63) is 12.7 Å². The first kappa shape index (κ1) is 2.95. The topological polar surface area (TPSA) is 0 Å². The van der Waals surface area contributed by atoms with E-state index in [1.807, 2.05) is 6.92 Å². The van der Waals surface area contributed by atoms with Crippen molar-refractivity contribution in [1.29, 1.82) is 0 Å². The van der Waals surface area contributed by atoms with Gasteiger partial charge in [-0.3, -0.25) is 0 Å². The van der Waals surface area contributed by atoms with Gasteiger partial charge in [-0.1, -0.05) is 19.4 Å². The molecule has 0 bridgehead atoms. The van der Waals surface area contributed by atoms with E-state index in [-0.39, 0.29) is 6.40 Å². The summed E-state index contributed by atoms with van der Waals surface area (Å²) in [6, 6.07) is 0. The molecule has 0 aromatic heterocycles. The summed E-state index contributed by atoms with van der Waals surface area (Å²) in [6.07, 6.45) is 2.47. The summed E-state index contributed by atoms with van der Waals surface area (Å²) < 4.78 is 6.95. The SMILES string of the molecule is [2H]C(C=C)CC. The van der Waals surface area contributed by atoms with Crippen molar-refractivity contribution in [2.45, 2.75) is 19.7 Å². The highest BCUT2D eigenvalue weighted by molar-refractivity contribution is 4.63. The molecule has 0 aliphatic rings. The van der Waals surface area contributed by atoms with Crippen molar-refractivity contribution in [2.24, 2.45) is 0 Å². The van der Waals surface area contributed by atoms with E-state index in [9.17, 15) is 0 Å². The van der Waals surface area contributed by atoms with Crippen molar-refractivity contribution in [2.75, 3.05) is 0 Å². The monoisotopic (exact) mass is 71.1 g/mol. The van der Waals surface area contributed by atoms with Gasteiger partial charge in [-0.25, -0.2) is 0 Å². The third-order valence-corrected chi connectivity index (χ3v) is 0.402. The third kappa shape index (κ3) is 3.74. The summed E-state index contributed by atoms with van der Waals surface area (Å²) in [6.45, 7) is 5.42. The molecule has 0 rings (SSSR count). The van der Waals surface area contributed by atoms with Crippen LogP contribution in [0.1, 0.15) is 21.1 Å². The molecule has 0 radical (unpaired) electrons. The maximum absolute atomic E-state index is 6.95. The van der Waals surface area contributed by atoms with Gasteiger partial charge in [0, 0.05) is 1.37 Å². The fraction of sp³-hybridized carbons (Fsp3) is 0.600. The standard InChI is InChI=1S/C5H10/c1-3-5-4-2/h3H,1,4-5H2,2H3/i5D. The molecule has 0 fully saturated rings. The first-order valence-corrected chi connectivity index (χ1v) is 1.86. The highest BCUT2D eigenvalue weighted by atomic mass is 13.7. The molecular weight excluding hydrogens is 60.1 g/mol. The molecule has 0 nitrogen and oxygen atoms in total. The molecule has 0 heterocycles. The zero-order valence-electron chi connectivity index (χ0n) is 4.57. The Bertz CT molecular complexity index is 41.2. The molecule has 0 saturated heterocycles. The van der Waals surface area contributed by atoms with Gasteiger partial charge < -0.3 is 0 Å². The zero-order valence-corrected chi connectivity index (χ0v) is 3.57. The number of allylic oxidation sites excluding steroid dienone is 1. The summed E-state index contributed by atoms with van der Waals surface area (Å²) in [5, 5.41) is 0. The van der Waals surface area contributed by atoms with Gasteiger partial charge in [0.2, 0.25) is 0 Å². The molecule has 0 aromatic carbocycles. The van der Waals surface area contributed by atoms with Crippen molar-refractivity contribution < 1.29 is 1.37 Å². The molecule has 0 aliphatic carbocycles. The van der Waals surface area contributed by atoms with Gasteiger partial charge in [0.1, 0.15) is 0 Å². The van der Waals surface area contributed by atoms with E-state index in [2.05, 4.69) is 6.58 Å². The van der Waals surface area contributed by atoms with Gasteiger partial charge in [-0.15, -0.1) is 6.58 Å². The molecule has 0 aliphatic heterocycles. The first-order valence-electron chi connectivity index (χ1n) is 2.43. The van der Waals surface area contributed by atoms with Crippen LogP contribution >= 0.6 is 0 Å². The second-order valence-electron chi connectivity index (χ2n) is 0.880. The van der Waals surface area contributed by atoms with Crippen LogP contribution in [-0.4, -0.2) is 0 Å². The number of hydrogen-bond acceptors (Lipinski definition) is 0. The molecule has 30 valence electrons. The summed E-state index contributed by atoms with van der Waals surface area (Å²) in [4.78, 5) is 0. The van der Waals surface area contributed by atoms with E-state index in [4.69, 9.17) is 1.37 Å². The van der Waals surface area contributed by atoms with E-state index >= 15 is 0 Å². The predicted octanol–water partition coefficient (Wildman–Crippen LogP) is 1.97. The van der Waals surface area contributed by atoms with Crippen LogP contribution in [0, 0.1) is 0 Å². The van der Waals surface area contributed by atoms with Crippen LogP contribution in [0.15, 0.2) is 12.7 Å². The van der Waals surface area contributed by atoms with E-state index in [1.165, 1.54) is 0 Å². The average molecular weight is 71.1 g/mol. The molecule has 0 saturated carbocycles. The maximum Gasteiger partial charge on any atom is 0.0309 e. The van der Waals surface area contributed by atoms with Gasteiger partial charge in [-0.2, -0.15) is 0 Å². The van der Waals surface area contributed by atoms with Gasteiger partial charge in [-0.05, 0) is 6.40 Å². The van der Waals surface area contributed by atoms with Crippen LogP contribution in [0.5, 0.6) is 0 Å². The van der Waals surface area contributed by atoms with Gasteiger partial charge in [0.25, 0.3) is 0 Å². The fourth-order valence-corrected chi connectivity index (χ4v) is 0.167. The minimum Gasteiger partial charge on any atom is -0.103 e. The van der Waals surface area contributed by atoms with Crippen molar-refractivity contribution >= 4 is 0 Å². The highest BCUT2D eigenvalue weighted by Gasteiger charge is 1.61. The lowest BCUT2D eigenvalue weighted by molar-refractivity contribution is 0.961. The van der Waals surface area contributed by atoms with E-state index in [0.717, 1.165) is 6.42 Å². The smallest absolute Gasteiger partial charge is 0.0309 e. The molecule has 0 spiro atoms. The van der Waals surface area contributed by atoms with E-state index in [0.29, 0.717) is 0 Å². The molecule has 1 atom stereocenters. The Morgan fingerprint density at radius 1 is 2.20 bits per heavy atom. The molecule has 0 amide bonds. The first-order chi connectivity index (χ1) is 2.81. The second kappa shape index (κ2) is 3.74. The molecule has 5 heavy (non-hydrogen) atoms. The Morgan fingerprint density at radius 3 is 2.80 bits per heavy atom. The minimum absolute atomic E-state index is 0.0509. The zero-order chi connectivity index (χ0) is 4.99. The summed E-state index contributed by atoms with van der Waals surface area (Å²) in [5.74, 6) is 0. The Hall–Kier alpha value is -0.260. The number of rotatable bonds is 2. The van der Waals surface area contributed by atoms with E-state index < -0.39 is 0 Å². The van der Waals surface area contributed by atoms with Crippen LogP contribution in [0.25, 0.3) is 0 Å². The van der Waals surface area contributed by atoms with Crippen LogP contribution < -0.4 is 0 Å². The lowest BCUT2D eigenvalue weighted by Crippen LogP contribution is -1.52. The lowest BCUT2D eigenvalue weighted by atomic mass is 10.3. The molecular formula is C5H10. The molecule has 0 N–H and O–H groups in total. The van der Waals surface area contributed by atoms with Crippen LogP contribution in [0.3, 0.4) is 0 Å². The Balaban J connectivity index is 2.96. The van der Waals surface area contributed by atoms with E-state index in [1.54, 1.807) is 6.08 Å². The van der Waals surface area contributed by atoms with Gasteiger partial charge >= 0.3 is 0 Å². The summed E-state index contributed by atoms with van der Waals surface area (Å²) in [7, 11) is 0. The highest BCUT2D eigenvalue weighted by Crippen LogP contribution is 1.82. The molecule has 0 heteroatoms. The second-order valence-corrected chi connectivity index (χ2v) is 0.880. The summed E-state index contributed by atoms with van der Waals surface area (Å²) >= 11 is 0. The predicted molar refractivity (Wildman–Crippen MR) is 25.1 cm³/mol. The quantitative estimate of drug-likeness (QED) is 0.436. The Morgan fingerprint density at radius 2 is 2.80 bits per heavy atom.